The van der Waals surface area contributed by atoms with E-state index in [0.717, 1.165) is 12.3 Å². The highest BCUT2D eigenvalue weighted by Crippen LogP contribution is 2.45. The van der Waals surface area contributed by atoms with E-state index in [2.05, 4.69) is 15.2 Å². The lowest BCUT2D eigenvalue weighted by Gasteiger charge is -2.39. The molecule has 11 heteroatoms. The van der Waals surface area contributed by atoms with E-state index in [1.165, 1.54) is 23.3 Å². The van der Waals surface area contributed by atoms with Gasteiger partial charge >= 0.3 is 6.18 Å². The number of rotatable bonds is 6. The molecule has 4 atom stereocenters. The summed E-state index contributed by atoms with van der Waals surface area (Å²) in [6.45, 7) is 0.375. The molecule has 1 saturated carbocycles. The van der Waals surface area contributed by atoms with Gasteiger partial charge in [0.25, 0.3) is 5.91 Å². The molecular formula is C23H22F3N5O3. The second-order valence-electron chi connectivity index (χ2n) is 8.41. The van der Waals surface area contributed by atoms with Gasteiger partial charge in [-0.3, -0.25) is 4.79 Å². The van der Waals surface area contributed by atoms with Gasteiger partial charge in [-0.15, -0.1) is 0 Å². The van der Waals surface area contributed by atoms with Gasteiger partial charge in [-0.05, 0) is 37.0 Å². The Kier molecular flexibility index (Phi) is 5.72. The Bertz CT molecular complexity index is 1150. The Hall–Kier alpha value is -3.47. The number of piperidine rings is 1. The number of alkyl halides is 3. The first kappa shape index (κ1) is 22.3. The lowest BCUT2D eigenvalue weighted by Crippen LogP contribution is -2.53. The molecule has 178 valence electrons. The number of carbonyl (C=O) groups excluding carboxylic acids is 1. The predicted octanol–water partition coefficient (Wildman–Crippen LogP) is 3.38. The minimum atomic E-state index is -4.47. The number of nitrogens with zero attached hydrogens (tertiary/aromatic N) is 5. The average Bonchev–Trinajstić information content (AvgIpc) is 3.56. The summed E-state index contributed by atoms with van der Waals surface area (Å²) in [7, 11) is 1.59. The highest BCUT2D eigenvalue weighted by atomic mass is 19.4. The van der Waals surface area contributed by atoms with E-state index in [-0.39, 0.29) is 35.9 Å². The van der Waals surface area contributed by atoms with Crippen LogP contribution in [0.1, 0.15) is 28.8 Å². The summed E-state index contributed by atoms with van der Waals surface area (Å²) < 4.78 is 49.9. The number of amides is 1. The molecule has 1 aromatic carbocycles. The van der Waals surface area contributed by atoms with Gasteiger partial charge in [0, 0.05) is 19.4 Å². The first-order chi connectivity index (χ1) is 16.4. The summed E-state index contributed by atoms with van der Waals surface area (Å²) in [5.41, 5.74) is 0.158. The summed E-state index contributed by atoms with van der Waals surface area (Å²) in [4.78, 5) is 20.8. The molecule has 3 aromatic rings. The first-order valence-corrected chi connectivity index (χ1v) is 10.8. The van der Waals surface area contributed by atoms with Crippen LogP contribution in [0.25, 0.3) is 5.69 Å². The Balaban J connectivity index is 1.41. The molecule has 0 radical (unpaired) electrons. The normalized spacial score (nSPS) is 23.9. The number of hydrogen-bond acceptors (Lipinski definition) is 6. The van der Waals surface area contributed by atoms with Crippen molar-refractivity contribution in [2.24, 2.45) is 5.92 Å². The number of carbonyl (C=O) groups is 1. The number of para-hydroxylation sites is 1. The van der Waals surface area contributed by atoms with Crippen molar-refractivity contribution in [3.8, 4) is 11.6 Å². The molecule has 1 aliphatic heterocycles. The maximum Gasteiger partial charge on any atom is 0.417 e. The van der Waals surface area contributed by atoms with Crippen LogP contribution in [0.3, 0.4) is 0 Å². The van der Waals surface area contributed by atoms with Crippen LogP contribution in [0.2, 0.25) is 0 Å². The molecule has 2 aromatic heterocycles. The van der Waals surface area contributed by atoms with Crippen LogP contribution in [0.15, 0.2) is 55.0 Å². The zero-order valence-electron chi connectivity index (χ0n) is 18.2. The number of methoxy groups -OCH3 is 1. The molecule has 3 heterocycles. The third kappa shape index (κ3) is 4.00. The molecule has 0 N–H and O–H groups in total. The predicted molar refractivity (Wildman–Crippen MR) is 113 cm³/mol. The Morgan fingerprint density at radius 3 is 2.56 bits per heavy atom. The fourth-order valence-electron chi connectivity index (χ4n) is 4.99. The molecule has 1 aliphatic carbocycles. The van der Waals surface area contributed by atoms with Crippen molar-refractivity contribution in [3.05, 3.63) is 66.1 Å². The first-order valence-electron chi connectivity index (χ1n) is 10.8. The van der Waals surface area contributed by atoms with Crippen molar-refractivity contribution in [3.63, 3.8) is 0 Å². The molecule has 8 nitrogen and oxygen atoms in total. The molecule has 0 unspecified atom stereocenters. The molecule has 1 amide bonds. The SMILES string of the molecule is COC[C@@H]1[C@H]2C[C@@H](Oc3ccc(C(F)(F)F)cn3)[C@H](C2)N1C(=O)c1ccccc1-n1nccn1. The largest absolute Gasteiger partial charge is 0.472 e. The third-order valence-electron chi connectivity index (χ3n) is 6.44. The summed E-state index contributed by atoms with van der Waals surface area (Å²) >= 11 is 0. The number of likely N-dealkylation sites (tertiary alicyclic amines) is 1. The molecular weight excluding hydrogens is 451 g/mol. The quantitative estimate of drug-likeness (QED) is 0.546. The van der Waals surface area contributed by atoms with E-state index >= 15 is 0 Å². The minimum absolute atomic E-state index is 0.0994. The number of fused-ring (bicyclic) bond motifs is 2. The maximum absolute atomic E-state index is 13.8. The third-order valence-corrected chi connectivity index (χ3v) is 6.44. The van der Waals surface area contributed by atoms with Crippen LogP contribution >= 0.6 is 0 Å². The summed E-state index contributed by atoms with van der Waals surface area (Å²) in [5, 5.41) is 8.30. The van der Waals surface area contributed by atoms with Crippen LogP contribution in [-0.2, 0) is 10.9 Å². The summed E-state index contributed by atoms with van der Waals surface area (Å²) in [6, 6.07) is 8.84. The number of benzene rings is 1. The van der Waals surface area contributed by atoms with E-state index in [9.17, 15) is 18.0 Å². The van der Waals surface area contributed by atoms with Crippen molar-refractivity contribution in [1.82, 2.24) is 24.9 Å². The molecule has 2 fully saturated rings. The topological polar surface area (TPSA) is 82.4 Å². The summed E-state index contributed by atoms with van der Waals surface area (Å²) in [6.07, 6.45) is 0.349. The van der Waals surface area contributed by atoms with E-state index in [1.54, 1.807) is 36.3 Å². The van der Waals surface area contributed by atoms with Gasteiger partial charge in [0.2, 0.25) is 5.88 Å². The molecule has 5 rings (SSSR count). The van der Waals surface area contributed by atoms with Gasteiger partial charge in [-0.1, -0.05) is 12.1 Å². The minimum Gasteiger partial charge on any atom is -0.472 e. The van der Waals surface area contributed by atoms with Crippen molar-refractivity contribution in [2.45, 2.75) is 37.2 Å². The fourth-order valence-corrected chi connectivity index (χ4v) is 4.99. The molecule has 0 spiro atoms. The van der Waals surface area contributed by atoms with Gasteiger partial charge in [0.05, 0.1) is 47.9 Å². The Labute approximate surface area is 193 Å². The Morgan fingerprint density at radius 2 is 1.88 bits per heavy atom. The number of pyridine rings is 1. The van der Waals surface area contributed by atoms with Crippen LogP contribution in [0, 0.1) is 5.92 Å². The second kappa shape index (κ2) is 8.71. The van der Waals surface area contributed by atoms with Crippen molar-refractivity contribution < 1.29 is 27.4 Å². The molecule has 34 heavy (non-hydrogen) atoms. The Morgan fingerprint density at radius 1 is 1.12 bits per heavy atom. The van der Waals surface area contributed by atoms with Crippen LogP contribution in [0.4, 0.5) is 13.2 Å². The smallest absolute Gasteiger partial charge is 0.417 e. The lowest BCUT2D eigenvalue weighted by molar-refractivity contribution is -0.137. The van der Waals surface area contributed by atoms with Gasteiger partial charge < -0.3 is 14.4 Å². The van der Waals surface area contributed by atoms with Crippen molar-refractivity contribution >= 4 is 5.91 Å². The van der Waals surface area contributed by atoms with Crippen LogP contribution in [-0.4, -0.2) is 62.7 Å². The van der Waals surface area contributed by atoms with Gasteiger partial charge in [-0.2, -0.15) is 28.2 Å². The van der Waals surface area contributed by atoms with Crippen LogP contribution in [0.5, 0.6) is 5.88 Å². The average molecular weight is 473 g/mol. The zero-order valence-corrected chi connectivity index (χ0v) is 18.2. The zero-order chi connectivity index (χ0) is 23.9. The van der Waals surface area contributed by atoms with Gasteiger partial charge in [-0.25, -0.2) is 4.98 Å². The maximum atomic E-state index is 13.8. The highest BCUT2D eigenvalue weighted by molar-refractivity contribution is 5.98. The number of ether oxygens (including phenoxy) is 2. The van der Waals surface area contributed by atoms with Gasteiger partial charge in [0.15, 0.2) is 0 Å². The summed E-state index contributed by atoms with van der Waals surface area (Å²) in [5.74, 6) is 0.0434. The standard InChI is InChI=1S/C23H22F3N5O3/c1-33-13-19-14-10-18(20(11-14)34-21-7-6-15(12-27-21)23(24,25)26)30(19)22(32)16-4-2-3-5-17(16)31-28-8-9-29-31/h2-9,12,14,18-20H,10-11,13H2,1H3/t14-,18+,19-,20-/m1/s1. The van der Waals surface area contributed by atoms with Crippen molar-refractivity contribution in [2.75, 3.05) is 13.7 Å². The van der Waals surface area contributed by atoms with Crippen LogP contribution < -0.4 is 4.74 Å². The number of hydrogen-bond donors (Lipinski definition) is 0. The number of halogens is 3. The fraction of sp³-hybridized carbons (Fsp3) is 0.391. The second-order valence-corrected chi connectivity index (χ2v) is 8.41. The van der Waals surface area contributed by atoms with Crippen molar-refractivity contribution in [1.29, 1.82) is 0 Å². The monoisotopic (exact) mass is 473 g/mol. The number of aromatic nitrogens is 4. The van der Waals surface area contributed by atoms with E-state index in [0.29, 0.717) is 30.7 Å². The van der Waals surface area contributed by atoms with E-state index in [1.807, 2.05) is 0 Å². The molecule has 1 saturated heterocycles. The van der Waals surface area contributed by atoms with E-state index < -0.39 is 11.7 Å². The van der Waals surface area contributed by atoms with Gasteiger partial charge in [0.1, 0.15) is 6.10 Å². The lowest BCUT2D eigenvalue weighted by atomic mass is 9.97. The molecule has 2 bridgehead atoms. The highest BCUT2D eigenvalue weighted by Gasteiger charge is 2.54. The van der Waals surface area contributed by atoms with E-state index in [4.69, 9.17) is 9.47 Å². The molecule has 2 aliphatic rings.